The molecular formula is C43H27N3. The Morgan fingerprint density at radius 1 is 0.478 bits per heavy atom. The second-order valence-corrected chi connectivity index (χ2v) is 12.2. The van der Waals surface area contributed by atoms with Crippen molar-refractivity contribution < 1.29 is 0 Å². The van der Waals surface area contributed by atoms with Gasteiger partial charge in [0.15, 0.2) is 0 Å². The third kappa shape index (κ3) is 3.32. The number of fused-ring (bicyclic) bond motifs is 12. The predicted molar refractivity (Wildman–Crippen MR) is 188 cm³/mol. The zero-order valence-corrected chi connectivity index (χ0v) is 24.9. The van der Waals surface area contributed by atoms with E-state index in [9.17, 15) is 0 Å². The van der Waals surface area contributed by atoms with Crippen molar-refractivity contribution in [1.82, 2.24) is 14.5 Å². The van der Waals surface area contributed by atoms with E-state index in [1.165, 1.54) is 55.6 Å². The summed E-state index contributed by atoms with van der Waals surface area (Å²) in [5.74, 6) is 0.900. The lowest BCUT2D eigenvalue weighted by Crippen LogP contribution is -2.30. The van der Waals surface area contributed by atoms with Gasteiger partial charge in [-0.15, -0.1) is 0 Å². The second kappa shape index (κ2) is 9.47. The van der Waals surface area contributed by atoms with Gasteiger partial charge in [0.2, 0.25) is 0 Å². The highest BCUT2D eigenvalue weighted by molar-refractivity contribution is 6.10. The number of hydrogen-bond acceptors (Lipinski definition) is 2. The molecule has 0 saturated carbocycles. The van der Waals surface area contributed by atoms with Crippen molar-refractivity contribution in [3.05, 3.63) is 185 Å². The molecule has 3 heterocycles. The molecule has 3 heteroatoms. The van der Waals surface area contributed by atoms with Gasteiger partial charge in [-0.05, 0) is 92.0 Å². The quantitative estimate of drug-likeness (QED) is 0.202. The topological polar surface area (TPSA) is 30.7 Å². The van der Waals surface area contributed by atoms with Gasteiger partial charge in [-0.3, -0.25) is 9.55 Å². The van der Waals surface area contributed by atoms with Crippen molar-refractivity contribution in [1.29, 1.82) is 0 Å². The first-order valence-corrected chi connectivity index (χ1v) is 15.7. The lowest BCUT2D eigenvalue weighted by Gasteiger charge is -2.35. The normalized spacial score (nSPS) is 13.7. The lowest BCUT2D eigenvalue weighted by molar-refractivity contribution is 0.766. The fourth-order valence-corrected chi connectivity index (χ4v) is 8.11. The van der Waals surface area contributed by atoms with Crippen LogP contribution in [0.25, 0.3) is 62.0 Å². The van der Waals surface area contributed by atoms with E-state index in [1.54, 1.807) is 0 Å². The summed E-state index contributed by atoms with van der Waals surface area (Å²) < 4.78 is 2.23. The zero-order chi connectivity index (χ0) is 30.2. The summed E-state index contributed by atoms with van der Waals surface area (Å²) in [6.45, 7) is 0. The summed E-state index contributed by atoms with van der Waals surface area (Å²) in [5, 5.41) is 2.28. The Kier molecular flexibility index (Phi) is 5.20. The first-order chi connectivity index (χ1) is 22.8. The maximum Gasteiger partial charge on any atom is 0.137 e. The van der Waals surface area contributed by atoms with Gasteiger partial charge in [-0.2, -0.15) is 0 Å². The number of aromatic nitrogens is 3. The second-order valence-electron chi connectivity index (χ2n) is 12.2. The average molecular weight is 586 g/mol. The molecule has 8 aromatic rings. The molecule has 2 aliphatic rings. The van der Waals surface area contributed by atoms with Gasteiger partial charge < -0.3 is 0 Å². The zero-order valence-electron chi connectivity index (χ0n) is 24.9. The largest absolute Gasteiger partial charge is 0.294 e. The van der Waals surface area contributed by atoms with Crippen LogP contribution >= 0.6 is 0 Å². The van der Waals surface area contributed by atoms with Crippen LogP contribution in [0, 0.1) is 0 Å². The first-order valence-electron chi connectivity index (χ1n) is 15.7. The van der Waals surface area contributed by atoms with Gasteiger partial charge in [0.1, 0.15) is 5.82 Å². The molecule has 0 radical (unpaired) electrons. The number of rotatable bonds is 2. The van der Waals surface area contributed by atoms with Gasteiger partial charge in [0.25, 0.3) is 0 Å². The van der Waals surface area contributed by atoms with Crippen LogP contribution in [-0.2, 0) is 5.41 Å². The fourth-order valence-electron chi connectivity index (χ4n) is 8.11. The third-order valence-electron chi connectivity index (χ3n) is 10.00. The summed E-state index contributed by atoms with van der Waals surface area (Å²) in [4.78, 5) is 9.20. The van der Waals surface area contributed by atoms with Gasteiger partial charge in [0, 0.05) is 29.4 Å². The highest BCUT2D eigenvalue weighted by atomic mass is 15.1. The van der Waals surface area contributed by atoms with E-state index in [4.69, 9.17) is 4.98 Å². The van der Waals surface area contributed by atoms with Crippen molar-refractivity contribution in [3.8, 4) is 28.1 Å². The van der Waals surface area contributed by atoms with Crippen LogP contribution in [0.2, 0.25) is 0 Å². The number of pyridine rings is 2. The number of benzene rings is 5. The van der Waals surface area contributed by atoms with E-state index in [0.717, 1.165) is 27.6 Å². The molecule has 0 amide bonds. The molecule has 0 atom stereocenters. The molecule has 0 N–H and O–H groups in total. The van der Waals surface area contributed by atoms with Crippen molar-refractivity contribution >= 4 is 34.0 Å². The van der Waals surface area contributed by atoms with Crippen LogP contribution < -0.4 is 0 Å². The summed E-state index contributed by atoms with van der Waals surface area (Å²) in [7, 11) is 0. The van der Waals surface area contributed by atoms with E-state index in [1.807, 2.05) is 30.7 Å². The van der Waals surface area contributed by atoms with Gasteiger partial charge >= 0.3 is 0 Å². The van der Waals surface area contributed by atoms with E-state index < -0.39 is 5.41 Å². The molecule has 0 unspecified atom stereocenters. The van der Waals surface area contributed by atoms with Crippen molar-refractivity contribution in [3.63, 3.8) is 0 Å². The van der Waals surface area contributed by atoms with Crippen LogP contribution in [0.15, 0.2) is 152 Å². The molecule has 3 aromatic heterocycles. The van der Waals surface area contributed by atoms with Crippen molar-refractivity contribution in [2.24, 2.45) is 0 Å². The predicted octanol–water partition coefficient (Wildman–Crippen LogP) is 10.1. The van der Waals surface area contributed by atoms with Crippen LogP contribution in [0.5, 0.6) is 0 Å². The van der Waals surface area contributed by atoms with Gasteiger partial charge in [-0.25, -0.2) is 4.98 Å². The minimum atomic E-state index is -0.443. The monoisotopic (exact) mass is 585 g/mol. The summed E-state index contributed by atoms with van der Waals surface area (Å²) >= 11 is 0. The maximum absolute atomic E-state index is 4.69. The molecule has 0 aliphatic heterocycles. The van der Waals surface area contributed by atoms with Crippen LogP contribution in [0.1, 0.15) is 33.4 Å². The molecule has 2 aliphatic carbocycles. The molecule has 0 fully saturated rings. The molecule has 1 spiro atoms. The smallest absolute Gasteiger partial charge is 0.137 e. The molecule has 0 bridgehead atoms. The Labute approximate surface area is 266 Å². The van der Waals surface area contributed by atoms with Crippen LogP contribution in [-0.4, -0.2) is 14.5 Å². The van der Waals surface area contributed by atoms with Crippen molar-refractivity contribution in [2.75, 3.05) is 0 Å². The standard InChI is InChI=1S/C43H27N3/c1-4-12-36-28(9-1)16-17-29-18-19-31(26-39(29)43(36)37-13-5-2-10-32(37)33-11-3-6-14-38(33)43)30-20-21-40-34(25-30)35-27-44-24-22-41(35)46(40)42-15-7-8-23-45-42/h1-27H. The Hall–Kier alpha value is -6.06. The molecule has 10 rings (SSSR count). The molecular weight excluding hydrogens is 558 g/mol. The summed E-state index contributed by atoms with van der Waals surface area (Å²) in [6.07, 6.45) is 10.3. The Morgan fingerprint density at radius 2 is 1.13 bits per heavy atom. The van der Waals surface area contributed by atoms with E-state index >= 15 is 0 Å². The Morgan fingerprint density at radius 3 is 1.91 bits per heavy atom. The number of hydrogen-bond donors (Lipinski definition) is 0. The minimum Gasteiger partial charge on any atom is -0.294 e. The third-order valence-corrected chi connectivity index (χ3v) is 10.00. The van der Waals surface area contributed by atoms with E-state index in [2.05, 4.69) is 143 Å². The summed E-state index contributed by atoms with van der Waals surface area (Å²) in [5.41, 5.74) is 14.6. The molecule has 0 saturated heterocycles. The highest BCUT2D eigenvalue weighted by Crippen LogP contribution is 2.58. The maximum atomic E-state index is 4.69. The van der Waals surface area contributed by atoms with Crippen molar-refractivity contribution in [2.45, 2.75) is 5.41 Å². The van der Waals surface area contributed by atoms with Crippen LogP contribution in [0.4, 0.5) is 0 Å². The molecule has 214 valence electrons. The Bertz CT molecular complexity index is 2490. The van der Waals surface area contributed by atoms with E-state index in [0.29, 0.717) is 0 Å². The summed E-state index contributed by atoms with van der Waals surface area (Å²) in [6, 6.07) is 48.8. The fraction of sp³-hybridized carbons (Fsp3) is 0.0233. The molecule has 3 nitrogen and oxygen atoms in total. The average Bonchev–Trinajstić information content (AvgIpc) is 3.56. The van der Waals surface area contributed by atoms with E-state index in [-0.39, 0.29) is 0 Å². The Balaban J connectivity index is 1.26. The van der Waals surface area contributed by atoms with Crippen LogP contribution in [0.3, 0.4) is 0 Å². The number of nitrogens with zero attached hydrogens (tertiary/aromatic N) is 3. The first kappa shape index (κ1) is 25.3. The lowest BCUT2D eigenvalue weighted by atomic mass is 9.65. The highest BCUT2D eigenvalue weighted by Gasteiger charge is 2.48. The van der Waals surface area contributed by atoms with Gasteiger partial charge in [-0.1, -0.05) is 109 Å². The minimum absolute atomic E-state index is 0.443. The molecule has 46 heavy (non-hydrogen) atoms. The molecule has 5 aromatic carbocycles. The SMILES string of the molecule is C1=Cc2ccc(-c3ccc4c(c3)c3cnccc3n4-c3ccccn3)cc2C2(c3ccccc31)c1ccccc1-c1ccccc12. The van der Waals surface area contributed by atoms with Gasteiger partial charge in [0.05, 0.1) is 16.4 Å².